The zero-order valence-electron chi connectivity index (χ0n) is 19.6. The number of methoxy groups -OCH3 is 3. The first-order valence-corrected chi connectivity index (χ1v) is 10.5. The van der Waals surface area contributed by atoms with Gasteiger partial charge < -0.3 is 23.7 Å². The van der Waals surface area contributed by atoms with Crippen LogP contribution in [0, 0.1) is 13.8 Å². The first-order chi connectivity index (χ1) is 16.3. The van der Waals surface area contributed by atoms with Gasteiger partial charge in [0.05, 0.1) is 32.5 Å². The summed E-state index contributed by atoms with van der Waals surface area (Å²) in [6, 6.07) is 13.9. The van der Waals surface area contributed by atoms with E-state index < -0.39 is 5.97 Å². The number of hydrogen-bond donors (Lipinski definition) is 0. The zero-order chi connectivity index (χ0) is 24.4. The quantitative estimate of drug-likeness (QED) is 0.285. The van der Waals surface area contributed by atoms with Crippen LogP contribution in [0.5, 0.6) is 28.7 Å². The Morgan fingerprint density at radius 1 is 0.882 bits per heavy atom. The lowest BCUT2D eigenvalue weighted by Gasteiger charge is -2.14. The van der Waals surface area contributed by atoms with E-state index in [0.717, 1.165) is 11.1 Å². The Morgan fingerprint density at radius 3 is 2.12 bits per heavy atom. The number of hydrogen-bond acceptors (Lipinski definition) is 7. The summed E-state index contributed by atoms with van der Waals surface area (Å²) in [5, 5.41) is 0. The largest absolute Gasteiger partial charge is 0.493 e. The van der Waals surface area contributed by atoms with Crippen molar-refractivity contribution in [3.63, 3.8) is 0 Å². The molecule has 0 aliphatic carbocycles. The predicted octanol–water partition coefficient (Wildman–Crippen LogP) is 5.16. The minimum atomic E-state index is -0.627. The summed E-state index contributed by atoms with van der Waals surface area (Å²) >= 11 is 0. The molecule has 0 spiro atoms. The SMILES string of the molecule is COc1cc(C(=O)Oc2cc(C)c3c(c2)O/C(=C\c2ccc(C)cc2)C3=O)cc(OC)c1OC. The van der Waals surface area contributed by atoms with Gasteiger partial charge in [-0.2, -0.15) is 0 Å². The van der Waals surface area contributed by atoms with Gasteiger partial charge in [-0.1, -0.05) is 29.8 Å². The molecule has 0 bridgehead atoms. The molecule has 1 aliphatic heterocycles. The number of esters is 1. The number of benzene rings is 3. The van der Waals surface area contributed by atoms with Crippen LogP contribution in [0.3, 0.4) is 0 Å². The zero-order valence-corrected chi connectivity index (χ0v) is 19.6. The molecule has 0 unspecified atom stereocenters. The molecule has 0 fully saturated rings. The number of fused-ring (bicyclic) bond motifs is 1. The summed E-state index contributed by atoms with van der Waals surface area (Å²) in [5.74, 6) is 1.01. The molecule has 4 rings (SSSR count). The van der Waals surface area contributed by atoms with Crippen LogP contribution in [-0.2, 0) is 0 Å². The highest BCUT2D eigenvalue weighted by Crippen LogP contribution is 2.40. The van der Waals surface area contributed by atoms with Crippen molar-refractivity contribution in [2.45, 2.75) is 13.8 Å². The first kappa shape index (κ1) is 22.9. The molecule has 0 saturated heterocycles. The van der Waals surface area contributed by atoms with Crippen molar-refractivity contribution in [3.05, 3.63) is 82.1 Å². The Hall–Kier alpha value is -4.26. The van der Waals surface area contributed by atoms with E-state index in [2.05, 4.69) is 0 Å². The number of rotatable bonds is 6. The minimum Gasteiger partial charge on any atom is -0.493 e. The van der Waals surface area contributed by atoms with Crippen LogP contribution >= 0.6 is 0 Å². The van der Waals surface area contributed by atoms with E-state index in [1.807, 2.05) is 31.2 Å². The van der Waals surface area contributed by atoms with Crippen molar-refractivity contribution in [3.8, 4) is 28.7 Å². The van der Waals surface area contributed by atoms with Crippen LogP contribution in [0.4, 0.5) is 0 Å². The number of ketones is 1. The molecule has 0 atom stereocenters. The molecule has 0 saturated carbocycles. The summed E-state index contributed by atoms with van der Waals surface area (Å²) < 4.78 is 27.3. The standard InChI is InChI=1S/C27H24O7/c1-15-6-8-17(9-7-15)11-21-25(28)24-16(2)10-19(14-20(24)34-21)33-27(29)18-12-22(30-3)26(32-5)23(13-18)31-4/h6-14H,1-5H3/b21-11-. The smallest absolute Gasteiger partial charge is 0.343 e. The van der Waals surface area contributed by atoms with Gasteiger partial charge in [0.25, 0.3) is 0 Å². The van der Waals surface area contributed by atoms with Crippen LogP contribution < -0.4 is 23.7 Å². The third-order valence-electron chi connectivity index (χ3n) is 5.43. The van der Waals surface area contributed by atoms with Gasteiger partial charge in [0.15, 0.2) is 17.3 Å². The van der Waals surface area contributed by atoms with Crippen molar-refractivity contribution in [1.29, 1.82) is 0 Å². The maximum Gasteiger partial charge on any atom is 0.343 e. The lowest BCUT2D eigenvalue weighted by Crippen LogP contribution is -2.10. The molecule has 0 N–H and O–H groups in total. The number of carbonyl (C=O) groups excluding carboxylic acids is 2. The molecule has 0 aromatic heterocycles. The summed E-state index contributed by atoms with van der Waals surface area (Å²) in [7, 11) is 4.41. The van der Waals surface area contributed by atoms with Gasteiger partial charge in [0.2, 0.25) is 11.5 Å². The van der Waals surface area contributed by atoms with Gasteiger partial charge in [0, 0.05) is 6.07 Å². The summed E-state index contributed by atoms with van der Waals surface area (Å²) in [6.45, 7) is 3.76. The van der Waals surface area contributed by atoms with E-state index >= 15 is 0 Å². The van der Waals surface area contributed by atoms with Crippen molar-refractivity contribution in [2.75, 3.05) is 21.3 Å². The maximum absolute atomic E-state index is 12.9. The van der Waals surface area contributed by atoms with Crippen LogP contribution in [0.25, 0.3) is 6.08 Å². The molecule has 1 heterocycles. The van der Waals surface area contributed by atoms with Gasteiger partial charge in [0.1, 0.15) is 11.5 Å². The lowest BCUT2D eigenvalue weighted by molar-refractivity contribution is 0.0733. The summed E-state index contributed by atoms with van der Waals surface area (Å²) in [6.07, 6.45) is 1.70. The fraction of sp³-hybridized carbons (Fsp3) is 0.185. The van der Waals surface area contributed by atoms with E-state index in [0.29, 0.717) is 34.1 Å². The number of allylic oxidation sites excluding steroid dienone is 1. The molecule has 174 valence electrons. The van der Waals surface area contributed by atoms with Crippen molar-refractivity contribution in [2.24, 2.45) is 0 Å². The van der Waals surface area contributed by atoms with Crippen LogP contribution in [0.2, 0.25) is 0 Å². The van der Waals surface area contributed by atoms with Gasteiger partial charge >= 0.3 is 5.97 Å². The van der Waals surface area contributed by atoms with Gasteiger partial charge in [-0.3, -0.25) is 4.79 Å². The van der Waals surface area contributed by atoms with Crippen molar-refractivity contribution in [1.82, 2.24) is 0 Å². The van der Waals surface area contributed by atoms with Gasteiger partial charge in [-0.05, 0) is 49.2 Å². The molecule has 7 heteroatoms. The summed E-state index contributed by atoms with van der Waals surface area (Å²) in [5.41, 5.74) is 3.28. The third-order valence-corrected chi connectivity index (χ3v) is 5.43. The Labute approximate surface area is 197 Å². The van der Waals surface area contributed by atoms with E-state index in [4.69, 9.17) is 23.7 Å². The topological polar surface area (TPSA) is 80.3 Å². The molecular formula is C27H24O7. The average Bonchev–Trinajstić information content (AvgIpc) is 3.14. The van der Waals surface area contributed by atoms with E-state index in [9.17, 15) is 9.59 Å². The highest BCUT2D eigenvalue weighted by atomic mass is 16.5. The van der Waals surface area contributed by atoms with Crippen LogP contribution in [0.1, 0.15) is 37.4 Å². The second kappa shape index (κ2) is 9.31. The van der Waals surface area contributed by atoms with Crippen LogP contribution in [-0.4, -0.2) is 33.1 Å². The van der Waals surface area contributed by atoms with Gasteiger partial charge in [-0.25, -0.2) is 4.79 Å². The number of Topliss-reactive ketones (excluding diaryl/α,β-unsaturated/α-hetero) is 1. The van der Waals surface area contributed by atoms with Crippen molar-refractivity contribution < 1.29 is 33.3 Å². The highest BCUT2D eigenvalue weighted by molar-refractivity contribution is 6.15. The Kier molecular flexibility index (Phi) is 6.27. The second-order valence-electron chi connectivity index (χ2n) is 7.77. The molecule has 0 amide bonds. The molecular weight excluding hydrogens is 436 g/mol. The lowest BCUT2D eigenvalue weighted by atomic mass is 10.0. The summed E-state index contributed by atoms with van der Waals surface area (Å²) in [4.78, 5) is 25.8. The minimum absolute atomic E-state index is 0.212. The third kappa shape index (κ3) is 4.32. The first-order valence-electron chi connectivity index (χ1n) is 10.5. The Morgan fingerprint density at radius 2 is 1.53 bits per heavy atom. The molecule has 0 radical (unpaired) electrons. The second-order valence-corrected chi connectivity index (χ2v) is 7.77. The molecule has 3 aromatic carbocycles. The average molecular weight is 460 g/mol. The Bertz CT molecular complexity index is 1280. The molecule has 34 heavy (non-hydrogen) atoms. The van der Waals surface area contributed by atoms with E-state index in [1.54, 1.807) is 19.1 Å². The molecule has 7 nitrogen and oxygen atoms in total. The predicted molar refractivity (Wildman–Crippen MR) is 126 cm³/mol. The molecule has 3 aromatic rings. The number of carbonyl (C=O) groups is 2. The van der Waals surface area contributed by atoms with Gasteiger partial charge in [-0.15, -0.1) is 0 Å². The van der Waals surface area contributed by atoms with Crippen LogP contribution in [0.15, 0.2) is 54.3 Å². The highest BCUT2D eigenvalue weighted by Gasteiger charge is 2.30. The maximum atomic E-state index is 12.9. The fourth-order valence-corrected chi connectivity index (χ4v) is 3.72. The fourth-order valence-electron chi connectivity index (χ4n) is 3.72. The van der Waals surface area contributed by atoms with E-state index in [-0.39, 0.29) is 22.9 Å². The number of ether oxygens (including phenoxy) is 5. The van der Waals surface area contributed by atoms with E-state index in [1.165, 1.54) is 39.5 Å². The monoisotopic (exact) mass is 460 g/mol. The normalized spacial score (nSPS) is 13.3. The Balaban J connectivity index is 1.61. The number of aryl methyl sites for hydroxylation is 2. The van der Waals surface area contributed by atoms with Crippen molar-refractivity contribution >= 4 is 17.8 Å². The molecule has 1 aliphatic rings.